The van der Waals surface area contributed by atoms with Crippen LogP contribution in [0.4, 0.5) is 10.5 Å². The van der Waals surface area contributed by atoms with Crippen LogP contribution in [0.3, 0.4) is 0 Å². The summed E-state index contributed by atoms with van der Waals surface area (Å²) in [7, 11) is -2.08. The number of carbonyl (C=O) groups is 1. The Morgan fingerprint density at radius 3 is 2.79 bits per heavy atom. The van der Waals surface area contributed by atoms with Gasteiger partial charge in [0, 0.05) is 18.7 Å². The van der Waals surface area contributed by atoms with E-state index in [1.54, 1.807) is 29.5 Å². The molecule has 0 radical (unpaired) electrons. The third-order valence-electron chi connectivity index (χ3n) is 6.77. The van der Waals surface area contributed by atoms with Gasteiger partial charge in [0.2, 0.25) is 4.21 Å². The molecular weight excluding hydrogens is 460 g/mol. The first-order chi connectivity index (χ1) is 15.9. The van der Waals surface area contributed by atoms with Crippen molar-refractivity contribution >= 4 is 39.3 Å². The molecular formula is C23H28N4O4S2. The minimum absolute atomic E-state index is 0.159. The lowest BCUT2D eigenvalue weighted by Crippen LogP contribution is -2.62. The molecule has 0 bridgehead atoms. The van der Waals surface area contributed by atoms with Crippen molar-refractivity contribution in [3.8, 4) is 5.75 Å². The van der Waals surface area contributed by atoms with Crippen molar-refractivity contribution in [1.29, 1.82) is 0 Å². The van der Waals surface area contributed by atoms with Gasteiger partial charge in [0.05, 0.1) is 25.4 Å². The number of sulfonamides is 1. The summed E-state index contributed by atoms with van der Waals surface area (Å²) in [4.78, 5) is 20.0. The molecule has 2 aromatic rings. The predicted molar refractivity (Wildman–Crippen MR) is 129 cm³/mol. The van der Waals surface area contributed by atoms with Gasteiger partial charge in [0.1, 0.15) is 17.1 Å². The molecule has 3 heterocycles. The van der Waals surface area contributed by atoms with E-state index < -0.39 is 15.9 Å². The first-order valence-electron chi connectivity index (χ1n) is 11.3. The van der Waals surface area contributed by atoms with Crippen LogP contribution in [0.1, 0.15) is 38.5 Å². The number of nitrogens with zero attached hydrogens (tertiary/aromatic N) is 3. The quantitative estimate of drug-likeness (QED) is 0.642. The smallest absolute Gasteiger partial charge is 0.328 e. The molecule has 1 aromatic heterocycles. The molecule has 3 aliphatic rings. The topological polar surface area (TPSA) is 97.3 Å². The minimum atomic E-state index is -3.66. The van der Waals surface area contributed by atoms with Crippen LogP contribution < -0.4 is 15.0 Å². The summed E-state index contributed by atoms with van der Waals surface area (Å²) in [6.07, 6.45) is 5.49. The molecule has 2 aliphatic heterocycles. The molecule has 33 heavy (non-hydrogen) atoms. The largest absolute Gasteiger partial charge is 0.592 e. The molecule has 1 spiro atoms. The Balaban J connectivity index is 1.59. The van der Waals surface area contributed by atoms with E-state index in [1.165, 1.54) is 15.6 Å². The summed E-state index contributed by atoms with van der Waals surface area (Å²) in [5.41, 5.74) is -0.215. The molecule has 1 aliphatic carbocycles. The van der Waals surface area contributed by atoms with E-state index in [-0.39, 0.29) is 18.6 Å². The number of amides is 2. The first-order valence-corrected chi connectivity index (χ1v) is 13.6. The number of rotatable bonds is 5. The number of urea groups is 1. The van der Waals surface area contributed by atoms with Crippen molar-refractivity contribution < 1.29 is 18.3 Å². The van der Waals surface area contributed by atoms with E-state index in [4.69, 9.17) is 9.73 Å². The zero-order chi connectivity index (χ0) is 23.1. The second-order valence-corrected chi connectivity index (χ2v) is 11.9. The summed E-state index contributed by atoms with van der Waals surface area (Å²) < 4.78 is 34.1. The number of benzene rings is 1. The van der Waals surface area contributed by atoms with Gasteiger partial charge in [-0.1, -0.05) is 34.5 Å². The number of aliphatic imine (C=N–C) groups is 1. The van der Waals surface area contributed by atoms with E-state index in [2.05, 4.69) is 5.32 Å². The Bertz CT molecular complexity index is 1100. The fourth-order valence-corrected chi connectivity index (χ4v) is 7.85. The molecule has 1 N–H and O–H groups in total. The second-order valence-electron chi connectivity index (χ2n) is 8.79. The molecule has 3 fully saturated rings. The number of amidine groups is 1. The van der Waals surface area contributed by atoms with Gasteiger partial charge in [-0.2, -0.15) is 0 Å². The molecule has 5 rings (SSSR count). The minimum Gasteiger partial charge on any atom is -0.592 e. The molecule has 2 atom stereocenters. The molecule has 2 saturated heterocycles. The standard InChI is InChI=1S/C23H28N4O4S2/c1-31-19-10-4-9-18(15-19)27-22(28)25-21(24-17-7-2-3-8-17)23(27)12-6-13-26(16-23)33(29,30)20-11-5-14-32-20/h4-5,9-11,14-15,17H,2-3,6-8,12-13,16H2,1H3,(H-,24,25,28,29,30). The Morgan fingerprint density at radius 2 is 2.06 bits per heavy atom. The number of ether oxygens (including phenoxy) is 1. The maximum absolute atomic E-state index is 13.4. The van der Waals surface area contributed by atoms with Crippen LogP contribution in [0.25, 0.3) is 0 Å². The highest BCUT2D eigenvalue weighted by atomic mass is 32.3. The number of hydrogen-bond acceptors (Lipinski definition) is 6. The molecule has 1 aromatic carbocycles. The van der Waals surface area contributed by atoms with E-state index in [1.807, 2.05) is 24.3 Å². The van der Waals surface area contributed by atoms with Gasteiger partial charge in [0.15, 0.2) is 10.4 Å². The van der Waals surface area contributed by atoms with Crippen molar-refractivity contribution in [2.75, 3.05) is 25.1 Å². The highest BCUT2D eigenvalue weighted by Crippen LogP contribution is 2.41. The lowest BCUT2D eigenvalue weighted by molar-refractivity contribution is 0.236. The Labute approximate surface area is 199 Å². The summed E-state index contributed by atoms with van der Waals surface area (Å²) in [5.74, 6) is 1.23. The van der Waals surface area contributed by atoms with E-state index in [9.17, 15) is 13.6 Å². The van der Waals surface area contributed by atoms with Crippen LogP contribution in [0.15, 0.2) is 51.0 Å². The van der Waals surface area contributed by atoms with Gasteiger partial charge in [-0.25, -0.2) is 4.79 Å². The first kappa shape index (κ1) is 22.5. The van der Waals surface area contributed by atoms with Gasteiger partial charge in [-0.05, 0) is 49.3 Å². The van der Waals surface area contributed by atoms with Crippen LogP contribution in [0.5, 0.6) is 5.75 Å². The van der Waals surface area contributed by atoms with Gasteiger partial charge >= 0.3 is 6.03 Å². The van der Waals surface area contributed by atoms with Crippen LogP contribution >= 0.6 is 11.3 Å². The van der Waals surface area contributed by atoms with Crippen LogP contribution in [-0.4, -0.2) is 52.5 Å². The number of carbonyl (C=O) groups excluding carboxylic acids is 1. The summed E-state index contributed by atoms with van der Waals surface area (Å²) >= 11 is 1.21. The fraction of sp³-hybridized carbons (Fsp3) is 0.478. The van der Waals surface area contributed by atoms with Crippen molar-refractivity contribution in [2.45, 2.75) is 54.3 Å². The highest BCUT2D eigenvalue weighted by molar-refractivity contribution is 7.97. The Morgan fingerprint density at radius 1 is 1.24 bits per heavy atom. The number of anilines is 1. The fourth-order valence-electron chi connectivity index (χ4n) is 5.17. The van der Waals surface area contributed by atoms with Crippen molar-refractivity contribution in [3.05, 3.63) is 41.8 Å². The Hall–Kier alpha value is -2.27. The molecule has 8 nitrogen and oxygen atoms in total. The normalized spacial score (nSPS) is 27.3. The summed E-state index contributed by atoms with van der Waals surface area (Å²) in [6, 6.07) is 10.6. The number of nitrogens with one attached hydrogen (secondary N) is 1. The number of piperidine rings is 1. The highest BCUT2D eigenvalue weighted by Gasteiger charge is 2.56. The molecule has 176 valence electrons. The summed E-state index contributed by atoms with van der Waals surface area (Å²) in [6.45, 7) is 0.577. The monoisotopic (exact) mass is 488 g/mol. The number of hydrogen-bond donors (Lipinski definition) is 1. The lowest BCUT2D eigenvalue weighted by atomic mass is 9.87. The molecule has 2 unspecified atom stereocenters. The van der Waals surface area contributed by atoms with E-state index >= 15 is 0 Å². The number of methoxy groups -OCH3 is 1. The van der Waals surface area contributed by atoms with Gasteiger partial charge in [0.25, 0.3) is 0 Å². The van der Waals surface area contributed by atoms with Crippen LogP contribution in [-0.2, 0) is 14.6 Å². The molecule has 1 saturated carbocycles. The molecule has 2 amide bonds. The maximum atomic E-state index is 13.4. The third-order valence-corrected chi connectivity index (χ3v) is 9.99. The van der Waals surface area contributed by atoms with E-state index in [0.29, 0.717) is 40.9 Å². The van der Waals surface area contributed by atoms with Crippen molar-refractivity contribution in [2.24, 2.45) is 4.99 Å². The number of thiophene rings is 1. The molecule has 10 heteroatoms. The SMILES string of the molecule is COc1cccc(N2C(=O)NC(=NC3CCCC3)C23CCCN([S+](=O)([O-])c2cccs2)C3)c1. The predicted octanol–water partition coefficient (Wildman–Crippen LogP) is 4.07. The zero-order valence-electron chi connectivity index (χ0n) is 18.6. The van der Waals surface area contributed by atoms with Gasteiger partial charge in [-0.3, -0.25) is 15.2 Å². The Kier molecular flexibility index (Phi) is 6.02. The van der Waals surface area contributed by atoms with Crippen LogP contribution in [0.2, 0.25) is 0 Å². The van der Waals surface area contributed by atoms with E-state index in [0.717, 1.165) is 25.7 Å². The zero-order valence-corrected chi connectivity index (χ0v) is 20.2. The maximum Gasteiger partial charge on any atom is 0.328 e. The lowest BCUT2D eigenvalue weighted by Gasteiger charge is -2.44. The second kappa shape index (κ2) is 8.83. The van der Waals surface area contributed by atoms with Crippen molar-refractivity contribution in [3.63, 3.8) is 0 Å². The van der Waals surface area contributed by atoms with Crippen LogP contribution in [0, 0.1) is 0 Å². The third kappa shape index (κ3) is 3.99. The van der Waals surface area contributed by atoms with Gasteiger partial charge in [-0.15, -0.1) is 4.31 Å². The summed E-state index contributed by atoms with van der Waals surface area (Å²) in [5, 5.41) is 4.78. The average molecular weight is 489 g/mol. The van der Waals surface area contributed by atoms with Crippen molar-refractivity contribution in [1.82, 2.24) is 9.62 Å². The van der Waals surface area contributed by atoms with Gasteiger partial charge < -0.3 is 9.29 Å². The average Bonchev–Trinajstić information content (AvgIpc) is 3.57.